The number of hydrogen-bond donors (Lipinski definition) is 2. The summed E-state index contributed by atoms with van der Waals surface area (Å²) in [5.41, 5.74) is -0.595. The van der Waals surface area contributed by atoms with Crippen LogP contribution in [0.1, 0.15) is 10.4 Å². The van der Waals surface area contributed by atoms with Gasteiger partial charge in [-0.1, -0.05) is 0 Å². The van der Waals surface area contributed by atoms with Crippen LogP contribution in [0.4, 0.5) is 4.39 Å². The molecule has 0 saturated heterocycles. The average molecular weight is 263 g/mol. The Bertz CT molecular complexity index is 416. The first kappa shape index (κ1) is 10.6. The number of carboxylic acids is 1. The summed E-state index contributed by atoms with van der Waals surface area (Å²) in [6.07, 6.45) is 0. The van der Waals surface area contributed by atoms with E-state index in [4.69, 9.17) is 10.2 Å². The van der Waals surface area contributed by atoms with Crippen LogP contribution in [0.15, 0.2) is 16.6 Å². The van der Waals surface area contributed by atoms with Crippen molar-refractivity contribution in [2.24, 2.45) is 0 Å². The van der Waals surface area contributed by atoms with Crippen molar-refractivity contribution in [3.63, 3.8) is 0 Å². The summed E-state index contributed by atoms with van der Waals surface area (Å²) in [4.78, 5) is 21.1. The Morgan fingerprint density at radius 1 is 1.36 bits per heavy atom. The second-order valence-electron chi connectivity index (χ2n) is 2.42. The van der Waals surface area contributed by atoms with Gasteiger partial charge in [0.1, 0.15) is 11.6 Å². The second-order valence-corrected chi connectivity index (χ2v) is 3.27. The number of aliphatic carboxylic acids is 1. The Labute approximate surface area is 86.1 Å². The maximum absolute atomic E-state index is 13.0. The molecule has 1 aromatic carbocycles. The van der Waals surface area contributed by atoms with Gasteiger partial charge in [0.25, 0.3) is 5.78 Å². The van der Waals surface area contributed by atoms with Gasteiger partial charge in [-0.2, -0.15) is 0 Å². The number of hydrogen-bond acceptors (Lipinski definition) is 3. The van der Waals surface area contributed by atoms with Gasteiger partial charge < -0.3 is 10.2 Å². The molecular weight excluding hydrogens is 259 g/mol. The van der Waals surface area contributed by atoms with Crippen LogP contribution in [0.3, 0.4) is 0 Å². The normalized spacial score (nSPS) is 9.86. The zero-order valence-corrected chi connectivity index (χ0v) is 8.21. The fraction of sp³-hybridized carbons (Fsp3) is 0. The van der Waals surface area contributed by atoms with E-state index in [0.29, 0.717) is 6.07 Å². The minimum Gasteiger partial charge on any atom is -0.507 e. The summed E-state index contributed by atoms with van der Waals surface area (Å²) in [5, 5.41) is 17.3. The lowest BCUT2D eigenvalue weighted by Crippen LogP contribution is -2.14. The number of phenolic OH excluding ortho intramolecular Hbond substituents is 1. The predicted molar refractivity (Wildman–Crippen MR) is 47.7 cm³/mol. The third kappa shape index (κ3) is 1.90. The van der Waals surface area contributed by atoms with Crippen molar-refractivity contribution in [2.45, 2.75) is 0 Å². The van der Waals surface area contributed by atoms with E-state index in [0.717, 1.165) is 6.07 Å². The lowest BCUT2D eigenvalue weighted by Gasteiger charge is -2.01. The fourth-order valence-electron chi connectivity index (χ4n) is 0.826. The molecule has 0 radical (unpaired) electrons. The van der Waals surface area contributed by atoms with Crippen molar-refractivity contribution in [3.8, 4) is 5.75 Å². The van der Waals surface area contributed by atoms with Gasteiger partial charge in [0.05, 0.1) is 10.0 Å². The molecule has 0 aliphatic carbocycles. The van der Waals surface area contributed by atoms with Crippen molar-refractivity contribution < 1.29 is 24.2 Å². The molecule has 74 valence electrons. The molecule has 0 aliphatic rings. The molecule has 0 saturated carbocycles. The Kier molecular flexibility index (Phi) is 2.85. The van der Waals surface area contributed by atoms with Crippen LogP contribution < -0.4 is 0 Å². The number of carbonyl (C=O) groups excluding carboxylic acids is 1. The first-order chi connectivity index (χ1) is 6.43. The number of phenols is 1. The molecule has 0 bridgehead atoms. The van der Waals surface area contributed by atoms with Crippen molar-refractivity contribution in [1.29, 1.82) is 0 Å². The lowest BCUT2D eigenvalue weighted by molar-refractivity contribution is -0.131. The molecular formula is C8H4BrFO4. The van der Waals surface area contributed by atoms with Crippen LogP contribution in [0.2, 0.25) is 0 Å². The van der Waals surface area contributed by atoms with Gasteiger partial charge in [-0.15, -0.1) is 0 Å². The lowest BCUT2D eigenvalue weighted by atomic mass is 10.1. The zero-order valence-electron chi connectivity index (χ0n) is 6.62. The third-order valence-electron chi connectivity index (χ3n) is 1.48. The van der Waals surface area contributed by atoms with Crippen molar-refractivity contribution in [3.05, 3.63) is 28.0 Å². The number of carboxylic acid groups (broad SMARTS) is 1. The number of halogens is 2. The number of carbonyl (C=O) groups is 2. The summed E-state index contributed by atoms with van der Waals surface area (Å²) in [5.74, 6) is -4.58. The molecule has 1 aromatic rings. The van der Waals surface area contributed by atoms with Gasteiger partial charge in [0.2, 0.25) is 0 Å². The van der Waals surface area contributed by atoms with Gasteiger partial charge in [-0.3, -0.25) is 4.79 Å². The van der Waals surface area contributed by atoms with E-state index in [2.05, 4.69) is 15.9 Å². The quantitative estimate of drug-likeness (QED) is 0.627. The Morgan fingerprint density at radius 2 is 1.93 bits per heavy atom. The Hall–Kier alpha value is -1.43. The first-order valence-corrected chi connectivity index (χ1v) is 4.18. The summed E-state index contributed by atoms with van der Waals surface area (Å²) < 4.78 is 13.0. The molecule has 6 heteroatoms. The van der Waals surface area contributed by atoms with Crippen LogP contribution in [-0.4, -0.2) is 22.0 Å². The maximum Gasteiger partial charge on any atom is 0.377 e. The highest BCUT2D eigenvalue weighted by molar-refractivity contribution is 9.10. The zero-order chi connectivity index (χ0) is 10.9. The molecule has 1 rings (SSSR count). The number of rotatable bonds is 2. The second kappa shape index (κ2) is 3.75. The highest BCUT2D eigenvalue weighted by Crippen LogP contribution is 2.26. The molecule has 0 aromatic heterocycles. The monoisotopic (exact) mass is 262 g/mol. The van der Waals surface area contributed by atoms with Crippen molar-refractivity contribution in [1.82, 2.24) is 0 Å². The van der Waals surface area contributed by atoms with Crippen LogP contribution in [0.5, 0.6) is 5.75 Å². The van der Waals surface area contributed by atoms with E-state index in [1.54, 1.807) is 0 Å². The number of ketones is 1. The summed E-state index contributed by atoms with van der Waals surface area (Å²) in [7, 11) is 0. The molecule has 0 aliphatic heterocycles. The summed E-state index contributed by atoms with van der Waals surface area (Å²) >= 11 is 2.84. The van der Waals surface area contributed by atoms with E-state index >= 15 is 0 Å². The third-order valence-corrected chi connectivity index (χ3v) is 2.11. The largest absolute Gasteiger partial charge is 0.507 e. The minimum absolute atomic E-state index is 0.0588. The van der Waals surface area contributed by atoms with Gasteiger partial charge >= 0.3 is 5.97 Å². The smallest absolute Gasteiger partial charge is 0.377 e. The molecule has 2 N–H and O–H groups in total. The molecule has 14 heavy (non-hydrogen) atoms. The minimum atomic E-state index is -1.75. The number of aromatic hydroxyl groups is 1. The van der Waals surface area contributed by atoms with Gasteiger partial charge in [-0.25, -0.2) is 9.18 Å². The molecule has 0 fully saturated rings. The fourth-order valence-corrected chi connectivity index (χ4v) is 1.17. The van der Waals surface area contributed by atoms with E-state index in [1.165, 1.54) is 0 Å². The average Bonchev–Trinajstić information content (AvgIpc) is 2.10. The Morgan fingerprint density at radius 3 is 2.43 bits per heavy atom. The Balaban J connectivity index is 3.29. The van der Waals surface area contributed by atoms with E-state index in [-0.39, 0.29) is 4.47 Å². The topological polar surface area (TPSA) is 74.6 Å². The van der Waals surface area contributed by atoms with E-state index in [9.17, 15) is 14.0 Å². The summed E-state index contributed by atoms with van der Waals surface area (Å²) in [6, 6.07) is 1.58. The van der Waals surface area contributed by atoms with Crippen LogP contribution in [0.25, 0.3) is 0 Å². The van der Waals surface area contributed by atoms with Crippen molar-refractivity contribution in [2.75, 3.05) is 0 Å². The molecule has 4 nitrogen and oxygen atoms in total. The number of benzene rings is 1. The van der Waals surface area contributed by atoms with Crippen LogP contribution >= 0.6 is 15.9 Å². The highest BCUT2D eigenvalue weighted by atomic mass is 79.9. The number of Topliss-reactive ketones (excluding diaryl/α,β-unsaturated/α-hetero) is 1. The molecule has 0 amide bonds. The first-order valence-electron chi connectivity index (χ1n) is 3.39. The summed E-state index contributed by atoms with van der Waals surface area (Å²) in [6.45, 7) is 0. The maximum atomic E-state index is 13.0. The van der Waals surface area contributed by atoms with Crippen LogP contribution in [0, 0.1) is 5.82 Å². The SMILES string of the molecule is O=C(O)C(=O)c1cc(Br)c(O)cc1F. The molecule has 0 unspecified atom stereocenters. The molecule has 0 atom stereocenters. The molecule has 0 heterocycles. The van der Waals surface area contributed by atoms with Gasteiger partial charge in [0, 0.05) is 6.07 Å². The molecule has 0 spiro atoms. The van der Waals surface area contributed by atoms with Crippen LogP contribution in [-0.2, 0) is 4.79 Å². The standard InChI is InChI=1S/C8H4BrFO4/c9-4-1-3(7(12)8(13)14)5(10)2-6(4)11/h1-2,11H,(H,13,14). The van der Waals surface area contributed by atoms with Crippen molar-refractivity contribution >= 4 is 27.7 Å². The highest BCUT2D eigenvalue weighted by Gasteiger charge is 2.20. The van der Waals surface area contributed by atoms with Gasteiger partial charge in [-0.05, 0) is 22.0 Å². The van der Waals surface area contributed by atoms with Gasteiger partial charge in [0.15, 0.2) is 0 Å². The van der Waals surface area contributed by atoms with E-state index in [1.807, 2.05) is 0 Å². The van der Waals surface area contributed by atoms with E-state index < -0.39 is 28.9 Å². The predicted octanol–water partition coefficient (Wildman–Crippen LogP) is 1.56.